The molecular weight excluding hydrogens is 236 g/mol. The van der Waals surface area contributed by atoms with Gasteiger partial charge in [-0.3, -0.25) is 10.2 Å². The van der Waals surface area contributed by atoms with Gasteiger partial charge >= 0.3 is 5.91 Å². The van der Waals surface area contributed by atoms with Gasteiger partial charge in [0.05, 0.1) is 19.5 Å². The van der Waals surface area contributed by atoms with E-state index in [1.807, 2.05) is 5.43 Å². The maximum atomic E-state index is 11.4. The summed E-state index contributed by atoms with van der Waals surface area (Å²) in [4.78, 5) is 11.4. The lowest BCUT2D eigenvalue weighted by molar-refractivity contribution is 0.0154. The number of hydrogen-bond acceptors (Lipinski definition) is 5. The Balaban J connectivity index is 1.79. The van der Waals surface area contributed by atoms with Crippen molar-refractivity contribution in [1.29, 1.82) is 0 Å². The molecule has 0 aromatic carbocycles. The van der Waals surface area contributed by atoms with Gasteiger partial charge in [0.2, 0.25) is 0 Å². The Morgan fingerprint density at radius 3 is 3.00 bits per heavy atom. The molecule has 1 aliphatic heterocycles. The summed E-state index contributed by atoms with van der Waals surface area (Å²) in [6, 6.07) is 1.72. The van der Waals surface area contributed by atoms with Crippen LogP contribution in [0.1, 0.15) is 29.0 Å². The standard InChI is InChI=1S/C12H18N2O4/c13-14-12(15)11-10(3-6-18-11)8-17-7-9-1-4-16-5-2-9/h3,6,9H,1-2,4-5,7-8,13H2,(H,14,15). The predicted octanol–water partition coefficient (Wildman–Crippen LogP) is 0.826. The number of amides is 1. The first kappa shape index (κ1) is 13.1. The first-order chi connectivity index (χ1) is 8.81. The number of carbonyl (C=O) groups is 1. The van der Waals surface area contributed by atoms with E-state index in [1.165, 1.54) is 6.26 Å². The number of rotatable bonds is 5. The first-order valence-corrected chi connectivity index (χ1v) is 6.04. The molecule has 6 heteroatoms. The Morgan fingerprint density at radius 2 is 2.28 bits per heavy atom. The van der Waals surface area contributed by atoms with Gasteiger partial charge in [0.15, 0.2) is 5.76 Å². The van der Waals surface area contributed by atoms with E-state index in [2.05, 4.69) is 0 Å². The second-order valence-electron chi connectivity index (χ2n) is 4.32. The number of nitrogens with one attached hydrogen (secondary N) is 1. The number of carbonyl (C=O) groups excluding carboxylic acids is 1. The number of nitrogen functional groups attached to an aromatic ring is 1. The van der Waals surface area contributed by atoms with Crippen molar-refractivity contribution in [2.45, 2.75) is 19.4 Å². The summed E-state index contributed by atoms with van der Waals surface area (Å²) in [6.45, 7) is 2.65. The van der Waals surface area contributed by atoms with Crippen LogP contribution in [0.5, 0.6) is 0 Å². The molecule has 1 aromatic rings. The Morgan fingerprint density at radius 1 is 1.50 bits per heavy atom. The topological polar surface area (TPSA) is 86.7 Å². The van der Waals surface area contributed by atoms with E-state index in [-0.39, 0.29) is 5.76 Å². The number of hydrazine groups is 1. The summed E-state index contributed by atoms with van der Waals surface area (Å²) < 4.78 is 16.0. The van der Waals surface area contributed by atoms with Gasteiger partial charge in [-0.15, -0.1) is 0 Å². The summed E-state index contributed by atoms with van der Waals surface area (Å²) in [5.41, 5.74) is 2.76. The zero-order valence-corrected chi connectivity index (χ0v) is 10.2. The zero-order chi connectivity index (χ0) is 12.8. The van der Waals surface area contributed by atoms with E-state index < -0.39 is 5.91 Å². The highest BCUT2D eigenvalue weighted by Crippen LogP contribution is 2.17. The van der Waals surface area contributed by atoms with Gasteiger partial charge in [0.1, 0.15) is 0 Å². The minimum atomic E-state index is -0.440. The first-order valence-electron chi connectivity index (χ1n) is 6.04. The summed E-state index contributed by atoms with van der Waals surface area (Å²) >= 11 is 0. The monoisotopic (exact) mass is 254 g/mol. The van der Waals surface area contributed by atoms with E-state index in [0.717, 1.165) is 26.1 Å². The Kier molecular flexibility index (Phi) is 4.74. The van der Waals surface area contributed by atoms with Crippen LogP contribution in [0.15, 0.2) is 16.7 Å². The van der Waals surface area contributed by atoms with Gasteiger partial charge in [0, 0.05) is 18.8 Å². The van der Waals surface area contributed by atoms with Crippen LogP contribution in [-0.2, 0) is 16.1 Å². The van der Waals surface area contributed by atoms with Gasteiger partial charge in [-0.2, -0.15) is 0 Å². The Hall–Kier alpha value is -1.37. The average molecular weight is 254 g/mol. The molecule has 6 nitrogen and oxygen atoms in total. The lowest BCUT2D eigenvalue weighted by Gasteiger charge is -2.21. The van der Waals surface area contributed by atoms with Gasteiger partial charge in [0.25, 0.3) is 0 Å². The molecule has 0 aliphatic carbocycles. The van der Waals surface area contributed by atoms with E-state index in [4.69, 9.17) is 19.7 Å². The Labute approximate surface area is 105 Å². The maximum Gasteiger partial charge on any atom is 0.301 e. The smallest absolute Gasteiger partial charge is 0.301 e. The molecule has 3 N–H and O–H groups in total. The fourth-order valence-corrected chi connectivity index (χ4v) is 1.96. The number of nitrogens with two attached hydrogens (primary N) is 1. The van der Waals surface area contributed by atoms with Crippen molar-refractivity contribution in [3.63, 3.8) is 0 Å². The largest absolute Gasteiger partial charge is 0.459 e. The van der Waals surface area contributed by atoms with E-state index in [9.17, 15) is 4.79 Å². The highest BCUT2D eigenvalue weighted by molar-refractivity contribution is 5.92. The fourth-order valence-electron chi connectivity index (χ4n) is 1.96. The maximum absolute atomic E-state index is 11.4. The normalized spacial score (nSPS) is 16.7. The summed E-state index contributed by atoms with van der Waals surface area (Å²) in [5.74, 6) is 5.38. The SMILES string of the molecule is NNC(=O)c1occc1COCC1CCOCC1. The fraction of sp³-hybridized carbons (Fsp3) is 0.583. The third-order valence-electron chi connectivity index (χ3n) is 3.04. The minimum absolute atomic E-state index is 0.212. The average Bonchev–Trinajstić information content (AvgIpc) is 2.87. The highest BCUT2D eigenvalue weighted by atomic mass is 16.5. The van der Waals surface area contributed by atoms with Crippen molar-refractivity contribution in [3.8, 4) is 0 Å². The second kappa shape index (κ2) is 6.53. The van der Waals surface area contributed by atoms with Crippen LogP contribution in [0.3, 0.4) is 0 Å². The van der Waals surface area contributed by atoms with Crippen molar-refractivity contribution in [2.75, 3.05) is 19.8 Å². The van der Waals surface area contributed by atoms with Crippen LogP contribution in [0.25, 0.3) is 0 Å². The molecule has 1 aliphatic rings. The van der Waals surface area contributed by atoms with Crippen molar-refractivity contribution >= 4 is 5.91 Å². The van der Waals surface area contributed by atoms with E-state index >= 15 is 0 Å². The molecule has 0 spiro atoms. The van der Waals surface area contributed by atoms with Crippen LogP contribution in [0, 0.1) is 5.92 Å². The van der Waals surface area contributed by atoms with Crippen LogP contribution in [-0.4, -0.2) is 25.7 Å². The molecule has 0 bridgehead atoms. The van der Waals surface area contributed by atoms with Crippen molar-refractivity contribution in [1.82, 2.24) is 5.43 Å². The van der Waals surface area contributed by atoms with Gasteiger partial charge in [-0.05, 0) is 24.8 Å². The molecule has 2 heterocycles. The van der Waals surface area contributed by atoms with Crippen LogP contribution >= 0.6 is 0 Å². The van der Waals surface area contributed by atoms with Crippen LogP contribution in [0.4, 0.5) is 0 Å². The molecule has 0 saturated carbocycles. The zero-order valence-electron chi connectivity index (χ0n) is 10.2. The lowest BCUT2D eigenvalue weighted by Crippen LogP contribution is -2.30. The number of furan rings is 1. The molecule has 1 saturated heterocycles. The van der Waals surface area contributed by atoms with Crippen molar-refractivity contribution < 1.29 is 18.7 Å². The van der Waals surface area contributed by atoms with Crippen molar-refractivity contribution in [2.24, 2.45) is 11.8 Å². The van der Waals surface area contributed by atoms with Crippen LogP contribution in [0.2, 0.25) is 0 Å². The summed E-state index contributed by atoms with van der Waals surface area (Å²) in [5, 5.41) is 0. The van der Waals surface area contributed by atoms with Gasteiger partial charge in [-0.1, -0.05) is 0 Å². The molecule has 0 unspecified atom stereocenters. The molecule has 2 rings (SSSR count). The number of hydrogen-bond donors (Lipinski definition) is 2. The van der Waals surface area contributed by atoms with Crippen molar-refractivity contribution in [3.05, 3.63) is 23.7 Å². The highest BCUT2D eigenvalue weighted by Gasteiger charge is 2.16. The van der Waals surface area contributed by atoms with Crippen LogP contribution < -0.4 is 11.3 Å². The molecule has 100 valence electrons. The lowest BCUT2D eigenvalue weighted by atomic mass is 10.0. The predicted molar refractivity (Wildman–Crippen MR) is 63.6 cm³/mol. The van der Waals surface area contributed by atoms with Gasteiger partial charge in [-0.25, -0.2) is 5.84 Å². The molecule has 0 atom stereocenters. The summed E-state index contributed by atoms with van der Waals surface area (Å²) in [7, 11) is 0. The molecule has 18 heavy (non-hydrogen) atoms. The quantitative estimate of drug-likeness (QED) is 0.461. The third-order valence-corrected chi connectivity index (χ3v) is 3.04. The third kappa shape index (κ3) is 3.32. The van der Waals surface area contributed by atoms with E-state index in [1.54, 1.807) is 6.07 Å². The number of ether oxygens (including phenoxy) is 2. The molecule has 1 amide bonds. The molecule has 1 fully saturated rings. The van der Waals surface area contributed by atoms with Gasteiger partial charge < -0.3 is 13.9 Å². The molecule has 0 radical (unpaired) electrons. The Bertz CT molecular complexity index is 385. The van der Waals surface area contributed by atoms with E-state index in [0.29, 0.717) is 24.7 Å². The second-order valence-corrected chi connectivity index (χ2v) is 4.32. The molecular formula is C12H18N2O4. The minimum Gasteiger partial charge on any atom is -0.459 e. The summed E-state index contributed by atoms with van der Waals surface area (Å²) in [6.07, 6.45) is 3.51. The molecule has 1 aromatic heterocycles.